The number of rotatable bonds is 6. The Labute approximate surface area is 192 Å². The van der Waals surface area contributed by atoms with Gasteiger partial charge in [-0.1, -0.05) is 36.4 Å². The molecule has 0 radical (unpaired) electrons. The maximum atomic E-state index is 13.4. The maximum Gasteiger partial charge on any atom is 0.224 e. The zero-order valence-corrected chi connectivity index (χ0v) is 18.3. The van der Waals surface area contributed by atoms with Crippen molar-refractivity contribution in [1.29, 1.82) is 0 Å². The first-order chi connectivity index (χ1) is 16.2. The molecule has 1 N–H and O–H groups in total. The number of carbonyl (C=O) groups excluding carboxylic acids is 1. The van der Waals surface area contributed by atoms with E-state index in [0.717, 1.165) is 60.5 Å². The first-order valence-corrected chi connectivity index (χ1v) is 11.3. The summed E-state index contributed by atoms with van der Waals surface area (Å²) in [6, 6.07) is 21.5. The molecule has 5 rings (SSSR count). The van der Waals surface area contributed by atoms with Gasteiger partial charge in [0.05, 0.1) is 18.3 Å². The summed E-state index contributed by atoms with van der Waals surface area (Å²) in [5, 5.41) is 4.27. The third-order valence-electron chi connectivity index (χ3n) is 6.29. The fourth-order valence-electron chi connectivity index (χ4n) is 4.48. The Morgan fingerprint density at radius 1 is 1.06 bits per heavy atom. The molecule has 1 fully saturated rings. The van der Waals surface area contributed by atoms with Crippen LogP contribution in [0.25, 0.3) is 11.0 Å². The van der Waals surface area contributed by atoms with Gasteiger partial charge in [0.15, 0.2) is 0 Å². The van der Waals surface area contributed by atoms with E-state index in [4.69, 9.17) is 4.42 Å². The van der Waals surface area contributed by atoms with Crippen LogP contribution in [-0.2, 0) is 11.3 Å². The molecular weight excluding hydrogens is 417 g/mol. The molecule has 1 aliphatic rings. The van der Waals surface area contributed by atoms with Crippen LogP contribution in [0.4, 0.5) is 4.39 Å². The van der Waals surface area contributed by atoms with Gasteiger partial charge in [0.2, 0.25) is 5.91 Å². The van der Waals surface area contributed by atoms with Crippen molar-refractivity contribution < 1.29 is 13.6 Å². The fourth-order valence-corrected chi connectivity index (χ4v) is 4.48. The van der Waals surface area contributed by atoms with Crippen molar-refractivity contribution in [1.82, 2.24) is 15.2 Å². The molecule has 4 aromatic rings. The SMILES string of the molecule is O=C(N[C@@H](c1ccc(F)cc1)c1ccccn1)C1CCN(Cc2cc3ccccc3o2)CC1. The minimum atomic E-state index is -0.409. The van der Waals surface area contributed by atoms with Crippen LogP contribution in [0.1, 0.15) is 35.9 Å². The van der Waals surface area contributed by atoms with Crippen LogP contribution in [0.3, 0.4) is 0 Å². The number of piperidine rings is 1. The summed E-state index contributed by atoms with van der Waals surface area (Å²) in [5.41, 5.74) is 2.45. The Hall–Kier alpha value is -3.51. The lowest BCUT2D eigenvalue weighted by molar-refractivity contribution is -0.127. The molecule has 5 nitrogen and oxygen atoms in total. The Morgan fingerprint density at radius 3 is 2.55 bits per heavy atom. The summed E-state index contributed by atoms with van der Waals surface area (Å²) in [7, 11) is 0. The van der Waals surface area contributed by atoms with Gasteiger partial charge in [0.1, 0.15) is 17.2 Å². The molecular formula is C27H26FN3O2. The summed E-state index contributed by atoms with van der Waals surface area (Å²) < 4.78 is 19.4. The quantitative estimate of drug-likeness (QED) is 0.451. The second-order valence-electron chi connectivity index (χ2n) is 8.55. The standard InChI is InChI=1S/C27H26FN3O2/c28-22-10-8-19(9-11-22)26(24-6-3-4-14-29-24)30-27(32)20-12-15-31(16-13-20)18-23-17-21-5-1-2-7-25(21)33-23/h1-11,14,17,20,26H,12-13,15-16,18H2,(H,30,32)/t26-/m0/s1. The molecule has 1 amide bonds. The largest absolute Gasteiger partial charge is 0.460 e. The number of amides is 1. The van der Waals surface area contributed by atoms with Crippen LogP contribution >= 0.6 is 0 Å². The molecule has 1 aliphatic heterocycles. The van der Waals surface area contributed by atoms with Crippen LogP contribution in [0, 0.1) is 11.7 Å². The number of nitrogens with one attached hydrogen (secondary N) is 1. The highest BCUT2D eigenvalue weighted by atomic mass is 19.1. The molecule has 2 aromatic heterocycles. The van der Waals surface area contributed by atoms with E-state index in [0.29, 0.717) is 0 Å². The highest BCUT2D eigenvalue weighted by molar-refractivity contribution is 5.79. The molecule has 0 bridgehead atoms. The van der Waals surface area contributed by atoms with E-state index in [-0.39, 0.29) is 17.6 Å². The van der Waals surface area contributed by atoms with E-state index in [1.807, 2.05) is 36.4 Å². The van der Waals surface area contributed by atoms with Gasteiger partial charge in [-0.05, 0) is 67.9 Å². The van der Waals surface area contributed by atoms with Gasteiger partial charge in [-0.15, -0.1) is 0 Å². The predicted molar refractivity (Wildman–Crippen MR) is 125 cm³/mol. The number of aromatic nitrogens is 1. The van der Waals surface area contributed by atoms with Crippen LogP contribution in [0.5, 0.6) is 0 Å². The van der Waals surface area contributed by atoms with E-state index in [9.17, 15) is 9.18 Å². The molecule has 1 saturated heterocycles. The molecule has 168 valence electrons. The van der Waals surface area contributed by atoms with Crippen LogP contribution in [0.2, 0.25) is 0 Å². The summed E-state index contributed by atoms with van der Waals surface area (Å²) in [6.45, 7) is 2.41. The Balaban J connectivity index is 1.22. The minimum absolute atomic E-state index is 0.0124. The average molecular weight is 444 g/mol. The second-order valence-corrected chi connectivity index (χ2v) is 8.55. The molecule has 1 atom stereocenters. The summed E-state index contributed by atoms with van der Waals surface area (Å²) in [6.07, 6.45) is 3.27. The molecule has 6 heteroatoms. The van der Waals surface area contributed by atoms with E-state index in [1.54, 1.807) is 18.3 Å². The Morgan fingerprint density at radius 2 is 1.82 bits per heavy atom. The fraction of sp³-hybridized carbons (Fsp3) is 0.259. The zero-order valence-electron chi connectivity index (χ0n) is 18.3. The Bertz CT molecular complexity index is 1180. The Kier molecular flexibility index (Phi) is 6.17. The number of nitrogens with zero attached hydrogens (tertiary/aromatic N) is 2. The molecule has 0 saturated carbocycles. The van der Waals surface area contributed by atoms with E-state index >= 15 is 0 Å². The smallest absolute Gasteiger partial charge is 0.224 e. The van der Waals surface area contributed by atoms with E-state index in [1.165, 1.54) is 12.1 Å². The van der Waals surface area contributed by atoms with Crippen molar-refractivity contribution in [2.45, 2.75) is 25.4 Å². The highest BCUT2D eigenvalue weighted by Gasteiger charge is 2.28. The van der Waals surface area contributed by atoms with Crippen molar-refractivity contribution in [3.8, 4) is 0 Å². The van der Waals surface area contributed by atoms with Gasteiger partial charge in [-0.3, -0.25) is 14.7 Å². The van der Waals surface area contributed by atoms with Crippen LogP contribution in [-0.4, -0.2) is 28.9 Å². The van der Waals surface area contributed by atoms with Gasteiger partial charge >= 0.3 is 0 Å². The van der Waals surface area contributed by atoms with E-state index in [2.05, 4.69) is 27.3 Å². The molecule has 0 unspecified atom stereocenters. The van der Waals surface area contributed by atoms with Gasteiger partial charge in [0.25, 0.3) is 0 Å². The molecule has 2 aromatic carbocycles. The maximum absolute atomic E-state index is 13.4. The topological polar surface area (TPSA) is 58.4 Å². The molecule has 0 spiro atoms. The number of furan rings is 1. The molecule has 33 heavy (non-hydrogen) atoms. The highest BCUT2D eigenvalue weighted by Crippen LogP contribution is 2.26. The van der Waals surface area contributed by atoms with Gasteiger partial charge < -0.3 is 9.73 Å². The number of hydrogen-bond donors (Lipinski definition) is 1. The second kappa shape index (κ2) is 9.55. The number of hydrogen-bond acceptors (Lipinski definition) is 4. The zero-order chi connectivity index (χ0) is 22.6. The lowest BCUT2D eigenvalue weighted by Gasteiger charge is -2.31. The third-order valence-corrected chi connectivity index (χ3v) is 6.29. The summed E-state index contributed by atoms with van der Waals surface area (Å²) >= 11 is 0. The number of likely N-dealkylation sites (tertiary alicyclic amines) is 1. The lowest BCUT2D eigenvalue weighted by Crippen LogP contribution is -2.41. The van der Waals surface area contributed by atoms with E-state index < -0.39 is 6.04 Å². The lowest BCUT2D eigenvalue weighted by atomic mass is 9.94. The van der Waals surface area contributed by atoms with Gasteiger partial charge in [-0.2, -0.15) is 0 Å². The first-order valence-electron chi connectivity index (χ1n) is 11.3. The van der Waals surface area contributed by atoms with Crippen molar-refractivity contribution in [3.63, 3.8) is 0 Å². The molecule has 0 aliphatic carbocycles. The monoisotopic (exact) mass is 443 g/mol. The van der Waals surface area contributed by atoms with Crippen molar-refractivity contribution in [2.24, 2.45) is 5.92 Å². The summed E-state index contributed by atoms with van der Waals surface area (Å²) in [4.78, 5) is 19.9. The number of halogens is 1. The number of pyridine rings is 1. The minimum Gasteiger partial charge on any atom is -0.460 e. The van der Waals surface area contributed by atoms with Crippen molar-refractivity contribution >= 4 is 16.9 Å². The number of carbonyl (C=O) groups is 1. The van der Waals surface area contributed by atoms with Crippen molar-refractivity contribution in [2.75, 3.05) is 13.1 Å². The summed E-state index contributed by atoms with van der Waals surface area (Å²) in [5.74, 6) is 0.592. The van der Waals surface area contributed by atoms with Gasteiger partial charge in [0, 0.05) is 17.5 Å². The predicted octanol–water partition coefficient (Wildman–Crippen LogP) is 5.08. The van der Waals surface area contributed by atoms with Gasteiger partial charge in [-0.25, -0.2) is 4.39 Å². The third kappa shape index (κ3) is 4.96. The van der Waals surface area contributed by atoms with Crippen LogP contribution in [0.15, 0.2) is 83.4 Å². The average Bonchev–Trinajstić information content (AvgIpc) is 3.26. The number of fused-ring (bicyclic) bond motifs is 1. The van der Waals surface area contributed by atoms with Crippen molar-refractivity contribution in [3.05, 3.63) is 102 Å². The normalized spacial score (nSPS) is 16.0. The molecule has 3 heterocycles. The number of para-hydroxylation sites is 1. The first kappa shape index (κ1) is 21.3. The van der Waals surface area contributed by atoms with Crippen LogP contribution < -0.4 is 5.32 Å². The number of benzene rings is 2.